The molecule has 0 amide bonds. The van der Waals surface area contributed by atoms with E-state index in [2.05, 4.69) is 15.6 Å². The van der Waals surface area contributed by atoms with Gasteiger partial charge in [0.25, 0.3) is 0 Å². The van der Waals surface area contributed by atoms with E-state index in [1.165, 1.54) is 12.3 Å². The van der Waals surface area contributed by atoms with E-state index in [1.54, 1.807) is 33.9 Å². The number of hydrogen-bond acceptors (Lipinski definition) is 3. The largest absolute Gasteiger partial charge is 0.355 e. The summed E-state index contributed by atoms with van der Waals surface area (Å²) in [5, 5.41) is 6.14. The first-order chi connectivity index (χ1) is 10.5. The number of rotatable bonds is 5. The summed E-state index contributed by atoms with van der Waals surface area (Å²) in [5.41, 5.74) is 1.39. The second kappa shape index (κ2) is 8.98. The molecule has 0 spiro atoms. The van der Waals surface area contributed by atoms with Crippen LogP contribution < -0.4 is 10.6 Å². The van der Waals surface area contributed by atoms with Crippen LogP contribution in [0, 0.1) is 12.7 Å². The van der Waals surface area contributed by atoms with Crippen molar-refractivity contribution in [1.29, 1.82) is 0 Å². The number of halogens is 2. The summed E-state index contributed by atoms with van der Waals surface area (Å²) in [4.78, 5) is 4.08. The van der Waals surface area contributed by atoms with Gasteiger partial charge >= 0.3 is 0 Å². The van der Waals surface area contributed by atoms with Gasteiger partial charge in [-0.25, -0.2) is 12.8 Å². The minimum Gasteiger partial charge on any atom is -0.355 e. The van der Waals surface area contributed by atoms with E-state index in [1.807, 2.05) is 13.0 Å². The molecule has 1 aromatic rings. The average molecular weight is 471 g/mol. The Morgan fingerprint density at radius 1 is 1.38 bits per heavy atom. The number of nitrogens with zero attached hydrogens (tertiary/aromatic N) is 1. The SMILES string of the molecule is CN=C(NCC(C)(C)S(C)(=O)=O)NC(C)c1ccc(C)c(F)c1.I. The number of nitrogens with one attached hydrogen (secondary N) is 2. The summed E-state index contributed by atoms with van der Waals surface area (Å²) in [7, 11) is -1.59. The maximum absolute atomic E-state index is 13.7. The van der Waals surface area contributed by atoms with Gasteiger partial charge in [-0.1, -0.05) is 12.1 Å². The van der Waals surface area contributed by atoms with E-state index in [0.717, 1.165) is 5.56 Å². The van der Waals surface area contributed by atoms with E-state index in [-0.39, 0.29) is 42.4 Å². The van der Waals surface area contributed by atoms with Crippen LogP contribution in [0.5, 0.6) is 0 Å². The van der Waals surface area contributed by atoms with Gasteiger partial charge < -0.3 is 10.6 Å². The quantitative estimate of drug-likeness (QED) is 0.394. The van der Waals surface area contributed by atoms with Crippen LogP contribution in [-0.2, 0) is 9.84 Å². The third kappa shape index (κ3) is 6.19. The van der Waals surface area contributed by atoms with Crippen molar-refractivity contribution in [3.8, 4) is 0 Å². The molecule has 0 aliphatic rings. The average Bonchev–Trinajstić information content (AvgIpc) is 2.44. The van der Waals surface area contributed by atoms with Crippen molar-refractivity contribution in [3.05, 3.63) is 35.1 Å². The monoisotopic (exact) mass is 471 g/mol. The van der Waals surface area contributed by atoms with Crippen LogP contribution in [0.15, 0.2) is 23.2 Å². The Labute approximate surface area is 161 Å². The lowest BCUT2D eigenvalue weighted by atomic mass is 10.1. The van der Waals surface area contributed by atoms with Gasteiger partial charge in [0.05, 0.1) is 10.8 Å². The van der Waals surface area contributed by atoms with Crippen LogP contribution >= 0.6 is 24.0 Å². The molecule has 0 aliphatic carbocycles. The number of aliphatic imine (C=N–C) groups is 1. The lowest BCUT2D eigenvalue weighted by molar-refractivity contribution is 0.542. The summed E-state index contributed by atoms with van der Waals surface area (Å²) < 4.78 is 36.2. The maximum Gasteiger partial charge on any atom is 0.191 e. The van der Waals surface area contributed by atoms with Gasteiger partial charge in [0.2, 0.25) is 0 Å². The van der Waals surface area contributed by atoms with Crippen molar-refractivity contribution >= 4 is 39.8 Å². The first kappa shape index (κ1) is 23.1. The molecular weight excluding hydrogens is 444 g/mol. The van der Waals surface area contributed by atoms with Crippen molar-refractivity contribution in [2.45, 2.75) is 38.5 Å². The number of sulfone groups is 1. The molecule has 0 bridgehead atoms. The first-order valence-corrected chi connectivity index (χ1v) is 9.30. The lowest BCUT2D eigenvalue weighted by Crippen LogP contribution is -2.48. The van der Waals surface area contributed by atoms with Gasteiger partial charge in [0, 0.05) is 19.8 Å². The Kier molecular flexibility index (Phi) is 8.64. The topological polar surface area (TPSA) is 70.6 Å². The third-order valence-corrected chi connectivity index (χ3v) is 6.11. The van der Waals surface area contributed by atoms with E-state index in [9.17, 15) is 12.8 Å². The minimum atomic E-state index is -3.19. The molecule has 0 saturated heterocycles. The molecule has 0 radical (unpaired) electrons. The Morgan fingerprint density at radius 2 is 1.96 bits per heavy atom. The van der Waals surface area contributed by atoms with Gasteiger partial charge in [0.1, 0.15) is 5.82 Å². The Hall–Kier alpha value is -0.900. The van der Waals surface area contributed by atoms with Crippen molar-refractivity contribution < 1.29 is 12.8 Å². The highest BCUT2D eigenvalue weighted by molar-refractivity contribution is 14.0. The fraction of sp³-hybridized carbons (Fsp3) is 0.562. The molecular formula is C16H27FIN3O2S. The van der Waals surface area contributed by atoms with E-state index >= 15 is 0 Å². The molecule has 0 heterocycles. The molecule has 0 saturated carbocycles. The molecule has 1 unspecified atom stereocenters. The normalized spacial score (nSPS) is 13.9. The second-order valence-electron chi connectivity index (χ2n) is 6.33. The predicted molar refractivity (Wildman–Crippen MR) is 108 cm³/mol. The summed E-state index contributed by atoms with van der Waals surface area (Å²) in [6.45, 7) is 7.13. The molecule has 2 N–H and O–H groups in total. The third-order valence-electron chi connectivity index (χ3n) is 3.96. The van der Waals surface area contributed by atoms with Gasteiger partial charge in [0.15, 0.2) is 15.8 Å². The molecule has 5 nitrogen and oxygen atoms in total. The number of aryl methyl sites for hydroxylation is 1. The molecule has 138 valence electrons. The van der Waals surface area contributed by atoms with Crippen LogP contribution in [0.25, 0.3) is 0 Å². The Balaban J connectivity index is 0.00000529. The van der Waals surface area contributed by atoms with Gasteiger partial charge in [-0.15, -0.1) is 24.0 Å². The maximum atomic E-state index is 13.7. The van der Waals surface area contributed by atoms with Gasteiger partial charge in [-0.3, -0.25) is 4.99 Å². The number of benzene rings is 1. The zero-order valence-electron chi connectivity index (χ0n) is 15.0. The van der Waals surface area contributed by atoms with E-state index in [0.29, 0.717) is 11.5 Å². The van der Waals surface area contributed by atoms with Crippen molar-refractivity contribution in [2.24, 2.45) is 4.99 Å². The molecule has 1 aromatic carbocycles. The van der Waals surface area contributed by atoms with Crippen molar-refractivity contribution in [2.75, 3.05) is 19.8 Å². The number of guanidine groups is 1. The van der Waals surface area contributed by atoms with Crippen molar-refractivity contribution in [3.63, 3.8) is 0 Å². The molecule has 0 aromatic heterocycles. The fourth-order valence-electron chi connectivity index (χ4n) is 1.79. The smallest absolute Gasteiger partial charge is 0.191 e. The highest BCUT2D eigenvalue weighted by Gasteiger charge is 2.30. The lowest BCUT2D eigenvalue weighted by Gasteiger charge is -2.25. The zero-order valence-corrected chi connectivity index (χ0v) is 18.1. The molecule has 1 atom stereocenters. The van der Waals surface area contributed by atoms with Crippen LogP contribution in [0.2, 0.25) is 0 Å². The summed E-state index contributed by atoms with van der Waals surface area (Å²) >= 11 is 0. The molecule has 8 heteroatoms. The molecule has 0 fully saturated rings. The van der Waals surface area contributed by atoms with Crippen molar-refractivity contribution in [1.82, 2.24) is 10.6 Å². The summed E-state index contributed by atoms with van der Waals surface area (Å²) in [6, 6.07) is 4.90. The second-order valence-corrected chi connectivity index (χ2v) is 8.98. The standard InChI is InChI=1S/C16H26FN3O2S.HI/c1-11-7-8-13(9-14(11)17)12(2)20-15(18-5)19-10-16(3,4)23(6,21)22;/h7-9,12H,10H2,1-6H3,(H2,18,19,20);1H. The van der Waals surface area contributed by atoms with Crippen LogP contribution in [0.3, 0.4) is 0 Å². The Morgan fingerprint density at radius 3 is 2.42 bits per heavy atom. The summed E-state index contributed by atoms with van der Waals surface area (Å²) in [5.74, 6) is 0.215. The van der Waals surface area contributed by atoms with Crippen LogP contribution in [0.4, 0.5) is 4.39 Å². The van der Waals surface area contributed by atoms with Gasteiger partial charge in [-0.2, -0.15) is 0 Å². The predicted octanol–water partition coefficient (Wildman–Crippen LogP) is 2.80. The molecule has 1 rings (SSSR count). The highest BCUT2D eigenvalue weighted by Crippen LogP contribution is 2.16. The van der Waals surface area contributed by atoms with Crippen LogP contribution in [-0.4, -0.2) is 39.0 Å². The fourth-order valence-corrected chi connectivity index (χ4v) is 2.12. The summed E-state index contributed by atoms with van der Waals surface area (Å²) in [6.07, 6.45) is 1.21. The Bertz CT molecular complexity index is 691. The highest BCUT2D eigenvalue weighted by atomic mass is 127. The first-order valence-electron chi connectivity index (χ1n) is 7.41. The zero-order chi connectivity index (χ0) is 17.8. The molecule has 0 aliphatic heterocycles. The molecule has 24 heavy (non-hydrogen) atoms. The minimum absolute atomic E-state index is 0. The van der Waals surface area contributed by atoms with Gasteiger partial charge in [-0.05, 0) is 44.9 Å². The van der Waals surface area contributed by atoms with E-state index < -0.39 is 14.6 Å². The number of hydrogen-bond donors (Lipinski definition) is 2. The van der Waals surface area contributed by atoms with E-state index in [4.69, 9.17) is 0 Å². The van der Waals surface area contributed by atoms with Crippen LogP contribution in [0.1, 0.15) is 37.9 Å².